The van der Waals surface area contributed by atoms with Crippen molar-refractivity contribution in [3.8, 4) is 0 Å². The van der Waals surface area contributed by atoms with Crippen LogP contribution in [0.4, 0.5) is 14.9 Å². The van der Waals surface area contributed by atoms with E-state index in [4.69, 9.17) is 9.15 Å². The van der Waals surface area contributed by atoms with Crippen LogP contribution in [0.2, 0.25) is 0 Å². The second-order valence-electron chi connectivity index (χ2n) is 5.49. The molecule has 0 fully saturated rings. The van der Waals surface area contributed by atoms with Crippen molar-refractivity contribution in [3.05, 3.63) is 64.9 Å². The van der Waals surface area contributed by atoms with E-state index in [-0.39, 0.29) is 5.82 Å². The minimum Gasteiger partial charge on any atom is -0.408 e. The summed E-state index contributed by atoms with van der Waals surface area (Å²) in [6, 6.07) is 12.2. The third kappa shape index (κ3) is 4.48. The number of nitrogens with zero attached hydrogens (tertiary/aromatic N) is 1. The van der Waals surface area contributed by atoms with Gasteiger partial charge in [0, 0.05) is 12.2 Å². The van der Waals surface area contributed by atoms with Gasteiger partial charge in [0.15, 0.2) is 5.58 Å². The van der Waals surface area contributed by atoms with Gasteiger partial charge in [0.2, 0.25) is 0 Å². The average molecular weight is 359 g/mol. The lowest BCUT2D eigenvalue weighted by molar-refractivity contribution is 0.128. The van der Waals surface area contributed by atoms with Crippen molar-refractivity contribution in [1.29, 1.82) is 0 Å². The van der Waals surface area contributed by atoms with E-state index in [9.17, 15) is 14.0 Å². The van der Waals surface area contributed by atoms with Crippen LogP contribution in [0.3, 0.4) is 0 Å². The molecule has 0 radical (unpaired) electrons. The lowest BCUT2D eigenvalue weighted by atomic mass is 10.3. The van der Waals surface area contributed by atoms with E-state index >= 15 is 0 Å². The summed E-state index contributed by atoms with van der Waals surface area (Å²) in [6.45, 7) is 1.26. The Morgan fingerprint density at radius 3 is 2.69 bits per heavy atom. The number of nitrogens with one attached hydrogen (secondary N) is 2. The van der Waals surface area contributed by atoms with Crippen LogP contribution in [0, 0.1) is 5.82 Å². The van der Waals surface area contributed by atoms with Crippen LogP contribution in [0.15, 0.2) is 57.7 Å². The molecule has 0 aliphatic heterocycles. The summed E-state index contributed by atoms with van der Waals surface area (Å²) in [5, 5.41) is 5.20. The van der Waals surface area contributed by atoms with Gasteiger partial charge in [-0.15, -0.1) is 0 Å². The molecule has 3 rings (SSSR count). The van der Waals surface area contributed by atoms with Gasteiger partial charge in [-0.25, -0.2) is 14.0 Å². The Morgan fingerprint density at radius 1 is 1.12 bits per heavy atom. The lowest BCUT2D eigenvalue weighted by Crippen LogP contribution is -2.31. The number of urea groups is 1. The van der Waals surface area contributed by atoms with Gasteiger partial charge in [-0.1, -0.05) is 12.1 Å². The van der Waals surface area contributed by atoms with E-state index in [1.807, 2.05) is 12.1 Å². The number of oxazole rings is 1. The number of ether oxygens (including phenoxy) is 1. The average Bonchev–Trinajstić information content (AvgIpc) is 2.95. The standard InChI is InChI=1S/C18H18FN3O4/c19-13-5-7-14(8-6-13)21-17(23)20-9-11-25-12-10-22-15-3-1-2-4-16(15)26-18(22)24/h1-8H,9-12H2,(H2,20,21,23). The second kappa shape index (κ2) is 8.30. The smallest absolute Gasteiger partial charge is 0.408 e. The van der Waals surface area contributed by atoms with Crippen LogP contribution in [0.25, 0.3) is 11.1 Å². The molecule has 0 aliphatic carbocycles. The molecule has 0 saturated carbocycles. The van der Waals surface area contributed by atoms with E-state index < -0.39 is 11.8 Å². The number of benzene rings is 2. The third-order valence-corrected chi connectivity index (χ3v) is 3.67. The number of amides is 2. The molecule has 1 aromatic heterocycles. The quantitative estimate of drug-likeness (QED) is 0.635. The molecule has 7 nitrogen and oxygen atoms in total. The van der Waals surface area contributed by atoms with Crippen LogP contribution in [-0.4, -0.2) is 30.4 Å². The molecule has 2 amide bonds. The minimum absolute atomic E-state index is 0.293. The fraction of sp³-hybridized carbons (Fsp3) is 0.222. The molecule has 1 heterocycles. The van der Waals surface area contributed by atoms with E-state index in [2.05, 4.69) is 10.6 Å². The Morgan fingerprint density at radius 2 is 1.88 bits per heavy atom. The molecule has 3 aromatic rings. The molecule has 0 spiro atoms. The summed E-state index contributed by atoms with van der Waals surface area (Å²) < 4.78 is 24.9. The SMILES string of the molecule is O=C(NCCOCCn1c(=O)oc2ccccc21)Nc1ccc(F)cc1. The van der Waals surface area contributed by atoms with E-state index in [0.29, 0.717) is 37.6 Å². The summed E-state index contributed by atoms with van der Waals surface area (Å²) in [5.74, 6) is -0.791. The summed E-state index contributed by atoms with van der Waals surface area (Å²) in [6.07, 6.45) is 0. The number of hydrogen-bond acceptors (Lipinski definition) is 4. The zero-order valence-electron chi connectivity index (χ0n) is 13.9. The number of carbonyl (C=O) groups excluding carboxylic acids is 1. The van der Waals surface area contributed by atoms with Crippen molar-refractivity contribution < 1.29 is 18.3 Å². The maximum Gasteiger partial charge on any atom is 0.420 e. The van der Waals surface area contributed by atoms with Crippen LogP contribution >= 0.6 is 0 Å². The highest BCUT2D eigenvalue weighted by Crippen LogP contribution is 2.11. The predicted molar refractivity (Wildman–Crippen MR) is 94.7 cm³/mol. The maximum atomic E-state index is 12.8. The lowest BCUT2D eigenvalue weighted by Gasteiger charge is -2.08. The van der Waals surface area contributed by atoms with Crippen molar-refractivity contribution in [2.24, 2.45) is 0 Å². The Labute approximate surface area is 148 Å². The summed E-state index contributed by atoms with van der Waals surface area (Å²) in [4.78, 5) is 23.5. The summed E-state index contributed by atoms with van der Waals surface area (Å²) >= 11 is 0. The number of hydrogen-bond donors (Lipinski definition) is 2. The molecule has 0 atom stereocenters. The summed E-state index contributed by atoms with van der Waals surface area (Å²) in [7, 11) is 0. The predicted octanol–water partition coefficient (Wildman–Crippen LogP) is 2.57. The first kappa shape index (κ1) is 17.7. The topological polar surface area (TPSA) is 85.5 Å². The molecule has 136 valence electrons. The normalized spacial score (nSPS) is 10.8. The number of rotatable bonds is 7. The summed E-state index contributed by atoms with van der Waals surface area (Å²) in [5.41, 5.74) is 1.76. The molecule has 0 saturated heterocycles. The third-order valence-electron chi connectivity index (χ3n) is 3.67. The number of para-hydroxylation sites is 2. The van der Waals surface area contributed by atoms with Gasteiger partial charge in [-0.3, -0.25) is 4.57 Å². The van der Waals surface area contributed by atoms with E-state index in [1.54, 1.807) is 12.1 Å². The molecule has 0 unspecified atom stereocenters. The number of carbonyl (C=O) groups is 1. The Balaban J connectivity index is 1.36. The fourth-order valence-electron chi connectivity index (χ4n) is 2.43. The van der Waals surface area contributed by atoms with Crippen LogP contribution in [-0.2, 0) is 11.3 Å². The molecule has 26 heavy (non-hydrogen) atoms. The Kier molecular flexibility index (Phi) is 5.65. The second-order valence-corrected chi connectivity index (χ2v) is 5.49. The largest absolute Gasteiger partial charge is 0.420 e. The zero-order valence-corrected chi connectivity index (χ0v) is 13.9. The zero-order chi connectivity index (χ0) is 18.4. The van der Waals surface area contributed by atoms with Crippen LogP contribution < -0.4 is 16.4 Å². The van der Waals surface area contributed by atoms with E-state index in [0.717, 1.165) is 5.52 Å². The van der Waals surface area contributed by atoms with Gasteiger partial charge < -0.3 is 19.8 Å². The highest BCUT2D eigenvalue weighted by molar-refractivity contribution is 5.89. The van der Waals surface area contributed by atoms with Gasteiger partial charge in [0.1, 0.15) is 5.82 Å². The van der Waals surface area contributed by atoms with Gasteiger partial charge in [0.25, 0.3) is 0 Å². The first-order chi connectivity index (χ1) is 12.6. The van der Waals surface area contributed by atoms with Gasteiger partial charge in [0.05, 0.1) is 25.3 Å². The Bertz CT molecular complexity index is 934. The number of halogens is 1. The highest BCUT2D eigenvalue weighted by Gasteiger charge is 2.07. The Hall–Kier alpha value is -3.13. The first-order valence-electron chi connectivity index (χ1n) is 8.10. The van der Waals surface area contributed by atoms with Crippen LogP contribution in [0.1, 0.15) is 0 Å². The van der Waals surface area contributed by atoms with Crippen LogP contribution in [0.5, 0.6) is 0 Å². The molecule has 2 N–H and O–H groups in total. The number of fused-ring (bicyclic) bond motifs is 1. The van der Waals surface area contributed by atoms with Gasteiger partial charge >= 0.3 is 11.8 Å². The maximum absolute atomic E-state index is 12.8. The molecular formula is C18H18FN3O4. The molecular weight excluding hydrogens is 341 g/mol. The van der Waals surface area contributed by atoms with Crippen molar-refractivity contribution in [3.63, 3.8) is 0 Å². The van der Waals surface area contributed by atoms with Gasteiger partial charge in [-0.05, 0) is 36.4 Å². The van der Waals surface area contributed by atoms with E-state index in [1.165, 1.54) is 28.8 Å². The fourth-order valence-corrected chi connectivity index (χ4v) is 2.43. The molecule has 8 heteroatoms. The number of anilines is 1. The number of aromatic nitrogens is 1. The van der Waals surface area contributed by atoms with Crippen molar-refractivity contribution >= 4 is 22.8 Å². The highest BCUT2D eigenvalue weighted by atomic mass is 19.1. The van der Waals surface area contributed by atoms with Gasteiger partial charge in [-0.2, -0.15) is 0 Å². The molecule has 2 aromatic carbocycles. The molecule has 0 aliphatic rings. The molecule has 0 bridgehead atoms. The minimum atomic E-state index is -0.424. The first-order valence-corrected chi connectivity index (χ1v) is 8.10. The van der Waals surface area contributed by atoms with Crippen molar-refractivity contribution in [2.75, 3.05) is 25.1 Å². The van der Waals surface area contributed by atoms with Crippen molar-refractivity contribution in [1.82, 2.24) is 9.88 Å². The monoisotopic (exact) mass is 359 g/mol. The van der Waals surface area contributed by atoms with Crippen molar-refractivity contribution in [2.45, 2.75) is 6.54 Å².